The van der Waals surface area contributed by atoms with Gasteiger partial charge in [0.25, 0.3) is 0 Å². The lowest BCUT2D eigenvalue weighted by atomic mass is 10.5. The van der Waals surface area contributed by atoms with Crippen LogP contribution in [0.25, 0.3) is 0 Å². The quantitative estimate of drug-likeness (QED) is 0.587. The Hall–Kier alpha value is -0.770. The second-order valence-electron chi connectivity index (χ2n) is 1.39. The molecule has 0 fully saturated rings. The first-order valence-electron chi connectivity index (χ1n) is 2.33. The average molecular weight is 145 g/mol. The molecule has 0 aromatic carbocycles. The van der Waals surface area contributed by atoms with Crippen molar-refractivity contribution < 1.29 is 9.18 Å². The van der Waals surface area contributed by atoms with Crippen LogP contribution in [0.3, 0.4) is 0 Å². The molecule has 0 amide bonds. The normalized spacial score (nSPS) is 9.44. The van der Waals surface area contributed by atoms with Crippen LogP contribution in [0.2, 0.25) is 0 Å². The number of Topliss-reactive ketones (excluding diaryl/α,β-unsaturated/α-hetero) is 1. The number of nitrogens with zero attached hydrogens (tertiary/aromatic N) is 1. The highest BCUT2D eigenvalue weighted by Gasteiger charge is 2.05. The molecule has 0 aliphatic heterocycles. The summed E-state index contributed by atoms with van der Waals surface area (Å²) >= 11 is 1.15. The maximum atomic E-state index is 11.6. The summed E-state index contributed by atoms with van der Waals surface area (Å²) in [5, 5.41) is 1.89. The summed E-state index contributed by atoms with van der Waals surface area (Å²) in [7, 11) is 0. The van der Waals surface area contributed by atoms with Gasteiger partial charge >= 0.3 is 0 Å². The van der Waals surface area contributed by atoms with Crippen LogP contribution >= 0.6 is 11.3 Å². The number of hydrogen-bond donors (Lipinski definition) is 0. The second kappa shape index (κ2) is 2.68. The number of aromatic nitrogens is 1. The molecule has 0 N–H and O–H groups in total. The van der Waals surface area contributed by atoms with Crippen LogP contribution < -0.4 is 0 Å². The molecule has 9 heavy (non-hydrogen) atoms. The molecule has 1 rings (SSSR count). The van der Waals surface area contributed by atoms with Gasteiger partial charge in [-0.3, -0.25) is 4.79 Å². The van der Waals surface area contributed by atoms with E-state index in [0.717, 1.165) is 11.3 Å². The molecule has 48 valence electrons. The predicted octanol–water partition coefficient (Wildman–Crippen LogP) is 1.30. The number of carbonyl (C=O) groups excluding carboxylic acids is 1. The Labute approximate surface area is 55.3 Å². The fourth-order valence-corrected chi connectivity index (χ4v) is 0.977. The number of carbonyl (C=O) groups is 1. The van der Waals surface area contributed by atoms with E-state index in [2.05, 4.69) is 4.98 Å². The van der Waals surface area contributed by atoms with E-state index >= 15 is 0 Å². The average Bonchev–Trinajstić information content (AvgIpc) is 2.37. The first-order valence-corrected chi connectivity index (χ1v) is 3.21. The van der Waals surface area contributed by atoms with E-state index in [4.69, 9.17) is 0 Å². The predicted molar refractivity (Wildman–Crippen MR) is 32.4 cm³/mol. The Bertz CT molecular complexity index is 197. The van der Waals surface area contributed by atoms with Gasteiger partial charge in [0.15, 0.2) is 11.7 Å². The van der Waals surface area contributed by atoms with E-state index in [1.54, 1.807) is 5.38 Å². The largest absolute Gasteiger partial charge is 0.289 e. The molecule has 0 saturated carbocycles. The SMILES string of the molecule is O=C(CF)c1nccs1. The van der Waals surface area contributed by atoms with Gasteiger partial charge in [0.2, 0.25) is 5.78 Å². The molecular formula is C5H4FNOS. The molecular weight excluding hydrogens is 141 g/mol. The number of ketones is 1. The molecule has 0 bridgehead atoms. The van der Waals surface area contributed by atoms with Crippen molar-refractivity contribution in [2.45, 2.75) is 0 Å². The maximum Gasteiger partial charge on any atom is 0.222 e. The standard InChI is InChI=1S/C5H4FNOS/c6-3-4(8)5-7-1-2-9-5/h1-2H,3H2. The number of alkyl halides is 1. The zero-order chi connectivity index (χ0) is 6.69. The highest BCUT2D eigenvalue weighted by Crippen LogP contribution is 2.04. The molecule has 0 saturated heterocycles. The van der Waals surface area contributed by atoms with E-state index in [1.165, 1.54) is 6.20 Å². The van der Waals surface area contributed by atoms with Crippen molar-refractivity contribution in [3.63, 3.8) is 0 Å². The van der Waals surface area contributed by atoms with E-state index in [1.807, 2.05) is 0 Å². The maximum absolute atomic E-state index is 11.6. The molecule has 4 heteroatoms. The van der Waals surface area contributed by atoms with Crippen molar-refractivity contribution >= 4 is 17.1 Å². The second-order valence-corrected chi connectivity index (χ2v) is 2.29. The molecule has 0 aliphatic rings. The Balaban J connectivity index is 2.77. The Kier molecular flexibility index (Phi) is 1.89. The Morgan fingerprint density at radius 3 is 3.11 bits per heavy atom. The summed E-state index contributed by atoms with van der Waals surface area (Å²) in [5.41, 5.74) is 0. The smallest absolute Gasteiger partial charge is 0.222 e. The highest BCUT2D eigenvalue weighted by molar-refractivity contribution is 7.11. The minimum absolute atomic E-state index is 0.248. The minimum atomic E-state index is -0.951. The van der Waals surface area contributed by atoms with Crippen LogP contribution in [-0.2, 0) is 0 Å². The van der Waals surface area contributed by atoms with Crippen molar-refractivity contribution in [2.24, 2.45) is 0 Å². The zero-order valence-corrected chi connectivity index (χ0v) is 5.32. The third kappa shape index (κ3) is 1.32. The van der Waals surface area contributed by atoms with Crippen molar-refractivity contribution in [3.05, 3.63) is 16.6 Å². The summed E-state index contributed by atoms with van der Waals surface area (Å²) < 4.78 is 11.6. The fraction of sp³-hybridized carbons (Fsp3) is 0.200. The first kappa shape index (κ1) is 6.35. The summed E-state index contributed by atoms with van der Waals surface area (Å²) in [6.07, 6.45) is 1.48. The summed E-state index contributed by atoms with van der Waals surface area (Å²) in [4.78, 5) is 14.1. The van der Waals surface area contributed by atoms with Crippen molar-refractivity contribution in [1.82, 2.24) is 4.98 Å². The topological polar surface area (TPSA) is 30.0 Å². The van der Waals surface area contributed by atoms with Crippen LogP contribution in [0.1, 0.15) is 9.80 Å². The van der Waals surface area contributed by atoms with Gasteiger partial charge in [0, 0.05) is 11.6 Å². The van der Waals surface area contributed by atoms with Gasteiger partial charge in [-0.1, -0.05) is 0 Å². The Morgan fingerprint density at radius 2 is 2.67 bits per heavy atom. The lowest BCUT2D eigenvalue weighted by molar-refractivity contribution is 0.0958. The number of hydrogen-bond acceptors (Lipinski definition) is 3. The highest BCUT2D eigenvalue weighted by atomic mass is 32.1. The van der Waals surface area contributed by atoms with Crippen LogP contribution in [0.5, 0.6) is 0 Å². The molecule has 2 nitrogen and oxygen atoms in total. The van der Waals surface area contributed by atoms with Crippen molar-refractivity contribution in [2.75, 3.05) is 6.67 Å². The fourth-order valence-electron chi connectivity index (χ4n) is 0.418. The van der Waals surface area contributed by atoms with E-state index in [9.17, 15) is 9.18 Å². The monoisotopic (exact) mass is 145 g/mol. The molecule has 0 radical (unpaired) electrons. The van der Waals surface area contributed by atoms with Gasteiger partial charge in [-0.2, -0.15) is 0 Å². The minimum Gasteiger partial charge on any atom is -0.289 e. The van der Waals surface area contributed by atoms with Crippen molar-refractivity contribution in [1.29, 1.82) is 0 Å². The van der Waals surface area contributed by atoms with E-state index in [-0.39, 0.29) is 5.01 Å². The van der Waals surface area contributed by atoms with Gasteiger partial charge in [0.05, 0.1) is 0 Å². The van der Waals surface area contributed by atoms with Gasteiger partial charge in [0.1, 0.15) is 0 Å². The van der Waals surface area contributed by atoms with Crippen LogP contribution in [-0.4, -0.2) is 17.4 Å². The van der Waals surface area contributed by atoms with Gasteiger partial charge in [-0.05, 0) is 0 Å². The zero-order valence-electron chi connectivity index (χ0n) is 4.50. The summed E-state index contributed by atoms with van der Waals surface area (Å²) in [6.45, 7) is -0.951. The van der Waals surface area contributed by atoms with Gasteiger partial charge in [-0.25, -0.2) is 9.37 Å². The molecule has 0 unspecified atom stereocenters. The van der Waals surface area contributed by atoms with Gasteiger partial charge in [-0.15, -0.1) is 11.3 Å². The molecule has 1 aromatic heterocycles. The first-order chi connectivity index (χ1) is 4.34. The van der Waals surface area contributed by atoms with Gasteiger partial charge < -0.3 is 0 Å². The van der Waals surface area contributed by atoms with E-state index < -0.39 is 12.5 Å². The molecule has 0 aliphatic carbocycles. The number of halogens is 1. The third-order valence-corrected chi connectivity index (χ3v) is 1.61. The van der Waals surface area contributed by atoms with E-state index in [0.29, 0.717) is 0 Å². The molecule has 1 heterocycles. The number of thiazole rings is 1. The lowest BCUT2D eigenvalue weighted by Crippen LogP contribution is -1.98. The molecule has 1 aromatic rings. The van der Waals surface area contributed by atoms with Crippen LogP contribution in [0.4, 0.5) is 4.39 Å². The summed E-state index contributed by atoms with van der Waals surface area (Å²) in [6, 6.07) is 0. The molecule has 0 spiro atoms. The summed E-state index contributed by atoms with van der Waals surface area (Å²) in [5.74, 6) is -0.537. The molecule has 0 atom stereocenters. The van der Waals surface area contributed by atoms with Crippen LogP contribution in [0.15, 0.2) is 11.6 Å². The number of rotatable bonds is 2. The van der Waals surface area contributed by atoms with Crippen LogP contribution in [0, 0.1) is 0 Å². The van der Waals surface area contributed by atoms with Crippen molar-refractivity contribution in [3.8, 4) is 0 Å². The third-order valence-electron chi connectivity index (χ3n) is 0.792. The lowest BCUT2D eigenvalue weighted by Gasteiger charge is -1.82. The Morgan fingerprint density at radius 1 is 1.89 bits per heavy atom.